The lowest BCUT2D eigenvalue weighted by Gasteiger charge is -2.35. The first-order valence-corrected chi connectivity index (χ1v) is 12.7. The van der Waals surface area contributed by atoms with Gasteiger partial charge in [-0.2, -0.15) is 0 Å². The Bertz CT molecular complexity index is 1230. The number of carbonyl (C=O) groups excluding carboxylic acids is 1. The molecule has 2 aliphatic heterocycles. The number of nitrogens with one attached hydrogen (secondary N) is 2. The molecule has 0 atom stereocenters. The summed E-state index contributed by atoms with van der Waals surface area (Å²) >= 11 is 1.38. The number of thiazole rings is 1. The molecule has 4 aliphatic rings. The minimum Gasteiger partial charge on any atom is -0.490 e. The van der Waals surface area contributed by atoms with E-state index in [1.807, 2.05) is 18.2 Å². The molecule has 1 aromatic carbocycles. The van der Waals surface area contributed by atoms with Gasteiger partial charge in [0.1, 0.15) is 17.0 Å². The zero-order valence-corrected chi connectivity index (χ0v) is 19.1. The van der Waals surface area contributed by atoms with E-state index in [2.05, 4.69) is 21.3 Å². The third-order valence-electron chi connectivity index (χ3n) is 7.44. The molecule has 2 N–H and O–H groups in total. The highest BCUT2D eigenvalue weighted by atomic mass is 32.1. The number of hydrogen-bond acceptors (Lipinski definition) is 6. The molecule has 1 aromatic heterocycles. The number of anilines is 1. The van der Waals surface area contributed by atoms with E-state index in [9.17, 15) is 9.59 Å². The SMILES string of the molecule is O=C1/C(=c2\[nH]c(=O)/c(=C/c3ccc4c(c3)N(CC3CCCCC3)CCO4)s2)CNC12CC2. The predicted molar refractivity (Wildman–Crippen MR) is 127 cm³/mol. The molecule has 3 fully saturated rings. The van der Waals surface area contributed by atoms with Crippen molar-refractivity contribution in [3.63, 3.8) is 0 Å². The van der Waals surface area contributed by atoms with E-state index in [1.54, 1.807) is 0 Å². The zero-order chi connectivity index (χ0) is 21.7. The topological polar surface area (TPSA) is 74.4 Å². The molecule has 2 saturated carbocycles. The first kappa shape index (κ1) is 20.2. The molecule has 1 saturated heterocycles. The fourth-order valence-corrected chi connectivity index (χ4v) is 6.39. The molecule has 6 nitrogen and oxygen atoms in total. The van der Waals surface area contributed by atoms with Crippen LogP contribution in [0.4, 0.5) is 5.69 Å². The Morgan fingerprint density at radius 2 is 2.03 bits per heavy atom. The van der Waals surface area contributed by atoms with Crippen LogP contribution in [0.1, 0.15) is 50.5 Å². The first-order chi connectivity index (χ1) is 15.6. The summed E-state index contributed by atoms with van der Waals surface area (Å²) in [5.74, 6) is 1.85. The molecule has 1 spiro atoms. The highest BCUT2D eigenvalue weighted by molar-refractivity contribution is 7.07. The summed E-state index contributed by atoms with van der Waals surface area (Å²) in [6.07, 6.45) is 10.4. The molecule has 6 rings (SSSR count). The third-order valence-corrected chi connectivity index (χ3v) is 8.52. The Balaban J connectivity index is 1.32. The fraction of sp³-hybridized carbons (Fsp3) is 0.520. The van der Waals surface area contributed by atoms with Crippen molar-refractivity contribution in [3.8, 4) is 5.75 Å². The predicted octanol–water partition coefficient (Wildman–Crippen LogP) is 1.90. The van der Waals surface area contributed by atoms with Crippen molar-refractivity contribution >= 4 is 34.5 Å². The lowest BCUT2D eigenvalue weighted by atomic mass is 9.88. The molecule has 7 heteroatoms. The van der Waals surface area contributed by atoms with E-state index in [0.29, 0.717) is 15.7 Å². The maximum atomic E-state index is 12.7. The van der Waals surface area contributed by atoms with Crippen molar-refractivity contribution in [1.82, 2.24) is 10.3 Å². The minimum absolute atomic E-state index is 0.130. The van der Waals surface area contributed by atoms with E-state index in [-0.39, 0.29) is 16.9 Å². The van der Waals surface area contributed by atoms with Crippen molar-refractivity contribution in [2.75, 3.05) is 31.1 Å². The van der Waals surface area contributed by atoms with Gasteiger partial charge in [0.05, 0.1) is 22.3 Å². The molecular weight excluding hydrogens is 422 g/mol. The molecule has 32 heavy (non-hydrogen) atoms. The van der Waals surface area contributed by atoms with E-state index in [1.165, 1.54) is 43.4 Å². The lowest BCUT2D eigenvalue weighted by molar-refractivity contribution is -0.115. The highest BCUT2D eigenvalue weighted by Crippen LogP contribution is 2.41. The Hall–Kier alpha value is -2.38. The van der Waals surface area contributed by atoms with Crippen LogP contribution in [0.25, 0.3) is 11.6 Å². The van der Waals surface area contributed by atoms with Gasteiger partial charge < -0.3 is 19.9 Å². The molecule has 0 radical (unpaired) electrons. The molecule has 0 unspecified atom stereocenters. The summed E-state index contributed by atoms with van der Waals surface area (Å²) in [7, 11) is 0. The van der Waals surface area contributed by atoms with E-state index in [4.69, 9.17) is 4.74 Å². The van der Waals surface area contributed by atoms with Crippen molar-refractivity contribution in [2.45, 2.75) is 50.5 Å². The van der Waals surface area contributed by atoms with Gasteiger partial charge in [0, 0.05) is 18.7 Å². The van der Waals surface area contributed by atoms with Crippen molar-refractivity contribution < 1.29 is 9.53 Å². The number of aromatic amines is 1. The van der Waals surface area contributed by atoms with E-state index in [0.717, 1.165) is 61.0 Å². The zero-order valence-electron chi connectivity index (χ0n) is 18.2. The van der Waals surface area contributed by atoms with Crippen LogP contribution in [0.2, 0.25) is 0 Å². The van der Waals surface area contributed by atoms with Gasteiger partial charge in [-0.3, -0.25) is 9.59 Å². The average molecular weight is 452 g/mol. The van der Waals surface area contributed by atoms with Gasteiger partial charge in [0.15, 0.2) is 5.78 Å². The second-order valence-electron chi connectivity index (χ2n) is 9.66. The second kappa shape index (κ2) is 7.89. The number of rotatable bonds is 3. The van der Waals surface area contributed by atoms with Crippen LogP contribution >= 0.6 is 11.3 Å². The van der Waals surface area contributed by atoms with Crippen LogP contribution in [-0.2, 0) is 4.79 Å². The van der Waals surface area contributed by atoms with Gasteiger partial charge in [-0.15, -0.1) is 11.3 Å². The summed E-state index contributed by atoms with van der Waals surface area (Å²) in [4.78, 5) is 30.7. The molecule has 0 amide bonds. The van der Waals surface area contributed by atoms with Crippen LogP contribution in [0.3, 0.4) is 0 Å². The molecule has 0 bridgehead atoms. The lowest BCUT2D eigenvalue weighted by Crippen LogP contribution is -2.37. The highest BCUT2D eigenvalue weighted by Gasteiger charge is 2.54. The standard InChI is InChI=1S/C25H29N3O3S/c29-22-18(14-26-25(22)8-9-25)24-27-23(30)21(32-24)13-17-6-7-20-19(12-17)28(10-11-31-20)15-16-4-2-1-3-5-16/h6-7,12-13,16,26H,1-5,8-11,14-15H2,(H,27,30)/b21-13-,24-18+. The van der Waals surface area contributed by atoms with E-state index >= 15 is 0 Å². The summed E-state index contributed by atoms with van der Waals surface area (Å²) in [5, 5.41) is 3.32. The van der Waals surface area contributed by atoms with Crippen LogP contribution in [-0.4, -0.2) is 42.5 Å². The Kier molecular flexibility index (Phi) is 4.99. The monoisotopic (exact) mass is 451 g/mol. The minimum atomic E-state index is -0.333. The van der Waals surface area contributed by atoms with Gasteiger partial charge in [0.2, 0.25) is 0 Å². The van der Waals surface area contributed by atoms with Crippen LogP contribution in [0, 0.1) is 5.92 Å². The third kappa shape index (κ3) is 3.61. The number of aromatic nitrogens is 1. The maximum Gasteiger partial charge on any atom is 0.266 e. The summed E-state index contributed by atoms with van der Waals surface area (Å²) in [6.45, 7) is 3.25. The largest absolute Gasteiger partial charge is 0.490 e. The fourth-order valence-electron chi connectivity index (χ4n) is 5.40. The smallest absolute Gasteiger partial charge is 0.266 e. The summed E-state index contributed by atoms with van der Waals surface area (Å²) in [5.41, 5.74) is 2.38. The number of carbonyl (C=O) groups is 1. The van der Waals surface area contributed by atoms with E-state index < -0.39 is 0 Å². The van der Waals surface area contributed by atoms with Crippen molar-refractivity contribution in [2.24, 2.45) is 5.92 Å². The van der Waals surface area contributed by atoms with Crippen LogP contribution in [0.5, 0.6) is 5.75 Å². The van der Waals surface area contributed by atoms with Gasteiger partial charge >= 0.3 is 0 Å². The Morgan fingerprint density at radius 3 is 2.81 bits per heavy atom. The molecule has 2 aliphatic carbocycles. The number of hydrogen-bond donors (Lipinski definition) is 2. The number of benzene rings is 1. The van der Waals surface area contributed by atoms with Crippen LogP contribution < -0.4 is 29.7 Å². The number of fused-ring (bicyclic) bond motifs is 1. The number of ether oxygens (including phenoxy) is 1. The normalized spacial score (nSPS) is 24.7. The number of ketones is 1. The average Bonchev–Trinajstić information content (AvgIpc) is 3.42. The second-order valence-corrected chi connectivity index (χ2v) is 10.7. The molecule has 2 aromatic rings. The number of nitrogens with zero attached hydrogens (tertiary/aromatic N) is 1. The van der Waals surface area contributed by atoms with Crippen molar-refractivity contribution in [1.29, 1.82) is 0 Å². The first-order valence-electron chi connectivity index (χ1n) is 11.9. The van der Waals surface area contributed by atoms with Crippen LogP contribution in [0.15, 0.2) is 23.0 Å². The van der Waals surface area contributed by atoms with Gasteiger partial charge in [-0.05, 0) is 55.4 Å². The number of Topliss-reactive ketones (excluding diaryl/α,β-unsaturated/α-hetero) is 1. The molecule has 168 valence electrons. The Morgan fingerprint density at radius 1 is 1.19 bits per heavy atom. The number of H-pyrrole nitrogens is 1. The summed E-state index contributed by atoms with van der Waals surface area (Å²) < 4.78 is 7.24. The van der Waals surface area contributed by atoms with Crippen molar-refractivity contribution in [3.05, 3.63) is 43.3 Å². The van der Waals surface area contributed by atoms with Gasteiger partial charge in [-0.25, -0.2) is 0 Å². The Labute approximate surface area is 191 Å². The molecule has 3 heterocycles. The van der Waals surface area contributed by atoms with Gasteiger partial charge in [-0.1, -0.05) is 25.3 Å². The van der Waals surface area contributed by atoms with Gasteiger partial charge in [0.25, 0.3) is 5.56 Å². The molecular formula is C25H29N3O3S. The summed E-state index contributed by atoms with van der Waals surface area (Å²) in [6, 6.07) is 6.17. The quantitative estimate of drug-likeness (QED) is 0.746. The maximum absolute atomic E-state index is 12.7.